The second kappa shape index (κ2) is 9.68. The Morgan fingerprint density at radius 1 is 0.900 bits per heavy atom. The summed E-state index contributed by atoms with van der Waals surface area (Å²) in [6.07, 6.45) is 10.4. The van der Waals surface area contributed by atoms with Crippen LogP contribution in [0.25, 0.3) is 0 Å². The van der Waals surface area contributed by atoms with Gasteiger partial charge >= 0.3 is 0 Å². The number of alkyl halides is 1. The Hall–Kier alpha value is -0.200. The highest BCUT2D eigenvalue weighted by Gasteiger charge is 2.12. The lowest BCUT2D eigenvalue weighted by Gasteiger charge is -2.14. The molecule has 0 radical (unpaired) electrons. The Morgan fingerprint density at radius 3 is 2.15 bits per heavy atom. The van der Waals surface area contributed by atoms with E-state index in [-0.39, 0.29) is 5.38 Å². The molecule has 1 unspecified atom stereocenters. The molecule has 0 fully saturated rings. The van der Waals surface area contributed by atoms with Crippen molar-refractivity contribution in [3.8, 4) is 0 Å². The van der Waals surface area contributed by atoms with E-state index < -0.39 is 0 Å². The van der Waals surface area contributed by atoms with Gasteiger partial charge in [-0.2, -0.15) is 0 Å². The third-order valence-electron chi connectivity index (χ3n) is 3.95. The summed E-state index contributed by atoms with van der Waals surface area (Å²) < 4.78 is 0. The van der Waals surface area contributed by atoms with E-state index in [4.69, 9.17) is 23.2 Å². The molecular weight excluding hydrogens is 287 g/mol. The molecule has 0 bridgehead atoms. The van der Waals surface area contributed by atoms with Crippen LogP contribution in [0.15, 0.2) is 12.1 Å². The summed E-state index contributed by atoms with van der Waals surface area (Å²) in [5.41, 5.74) is 3.58. The van der Waals surface area contributed by atoms with E-state index in [1.807, 2.05) is 13.0 Å². The molecule has 0 aromatic heterocycles. The van der Waals surface area contributed by atoms with Crippen molar-refractivity contribution in [2.75, 3.05) is 0 Å². The Balaban J connectivity index is 2.32. The topological polar surface area (TPSA) is 0 Å². The molecule has 0 amide bonds. The molecule has 2 heteroatoms. The average Bonchev–Trinajstić information content (AvgIpc) is 2.41. The van der Waals surface area contributed by atoms with Gasteiger partial charge in [-0.15, -0.1) is 11.6 Å². The highest BCUT2D eigenvalue weighted by atomic mass is 35.5. The molecule has 1 rings (SSSR count). The van der Waals surface area contributed by atoms with Gasteiger partial charge in [0.05, 0.1) is 5.38 Å². The molecule has 0 saturated carbocycles. The highest BCUT2D eigenvalue weighted by molar-refractivity contribution is 6.31. The maximum Gasteiger partial charge on any atom is 0.0587 e. The molecule has 1 aromatic rings. The first kappa shape index (κ1) is 17.9. The van der Waals surface area contributed by atoms with E-state index in [0.717, 1.165) is 17.0 Å². The predicted molar refractivity (Wildman–Crippen MR) is 92.1 cm³/mol. The summed E-state index contributed by atoms with van der Waals surface area (Å²) in [5, 5.41) is 0.965. The molecule has 0 aliphatic heterocycles. The van der Waals surface area contributed by atoms with Gasteiger partial charge in [-0.25, -0.2) is 0 Å². The maximum absolute atomic E-state index is 6.56. The van der Waals surface area contributed by atoms with E-state index in [0.29, 0.717) is 0 Å². The third kappa shape index (κ3) is 6.06. The lowest BCUT2D eigenvalue weighted by molar-refractivity contribution is 0.571. The molecule has 114 valence electrons. The van der Waals surface area contributed by atoms with Crippen molar-refractivity contribution in [2.45, 2.75) is 77.5 Å². The monoisotopic (exact) mass is 314 g/mol. The smallest absolute Gasteiger partial charge is 0.0587 e. The van der Waals surface area contributed by atoms with Crippen LogP contribution in [-0.4, -0.2) is 0 Å². The van der Waals surface area contributed by atoms with Crippen LogP contribution >= 0.6 is 23.2 Å². The molecule has 1 atom stereocenters. The van der Waals surface area contributed by atoms with E-state index in [2.05, 4.69) is 19.9 Å². The van der Waals surface area contributed by atoms with Crippen LogP contribution < -0.4 is 0 Å². The van der Waals surface area contributed by atoms with Crippen molar-refractivity contribution in [1.29, 1.82) is 0 Å². The fraction of sp³-hybridized carbons (Fsp3) is 0.667. The van der Waals surface area contributed by atoms with Crippen molar-refractivity contribution in [3.05, 3.63) is 33.8 Å². The van der Waals surface area contributed by atoms with Gasteiger partial charge in [0.2, 0.25) is 0 Å². The fourth-order valence-electron chi connectivity index (χ4n) is 2.58. The summed E-state index contributed by atoms with van der Waals surface area (Å²) >= 11 is 12.7. The summed E-state index contributed by atoms with van der Waals surface area (Å²) in [7, 11) is 0. The molecule has 0 aliphatic rings. The van der Waals surface area contributed by atoms with Crippen molar-refractivity contribution < 1.29 is 0 Å². The van der Waals surface area contributed by atoms with Gasteiger partial charge < -0.3 is 0 Å². The molecule has 0 saturated heterocycles. The van der Waals surface area contributed by atoms with Crippen LogP contribution in [0.4, 0.5) is 0 Å². The van der Waals surface area contributed by atoms with E-state index in [1.165, 1.54) is 56.1 Å². The average molecular weight is 315 g/mol. The first-order valence-electron chi connectivity index (χ1n) is 7.97. The first-order chi connectivity index (χ1) is 9.56. The van der Waals surface area contributed by atoms with E-state index in [1.54, 1.807) is 0 Å². The zero-order valence-corrected chi connectivity index (χ0v) is 14.7. The number of benzene rings is 1. The van der Waals surface area contributed by atoms with Crippen molar-refractivity contribution in [1.82, 2.24) is 0 Å². The standard InChI is InChI=1S/C18H28Cl2/c1-4-5-6-7-8-9-10-11-17(19)16-12-15(3)18(20)13-14(16)2/h12-13,17H,4-11H2,1-3H3. The summed E-state index contributed by atoms with van der Waals surface area (Å²) in [6, 6.07) is 4.18. The molecule has 0 N–H and O–H groups in total. The fourth-order valence-corrected chi connectivity index (χ4v) is 3.18. The molecule has 0 heterocycles. The normalized spacial score (nSPS) is 12.7. The third-order valence-corrected chi connectivity index (χ3v) is 4.81. The van der Waals surface area contributed by atoms with Gasteiger partial charge in [0.25, 0.3) is 0 Å². The largest absolute Gasteiger partial charge is 0.118 e. The second-order valence-corrected chi connectivity index (χ2v) is 6.77. The number of aryl methyl sites for hydroxylation is 2. The van der Waals surface area contributed by atoms with Gasteiger partial charge in [-0.3, -0.25) is 0 Å². The van der Waals surface area contributed by atoms with Gasteiger partial charge in [0.15, 0.2) is 0 Å². The number of rotatable bonds is 9. The Kier molecular flexibility index (Phi) is 8.64. The maximum atomic E-state index is 6.56. The van der Waals surface area contributed by atoms with Crippen molar-refractivity contribution in [3.63, 3.8) is 0 Å². The summed E-state index contributed by atoms with van der Waals surface area (Å²) in [4.78, 5) is 0. The minimum atomic E-state index is 0.126. The predicted octanol–water partition coefficient (Wildman–Crippen LogP) is 7.38. The Labute approximate surface area is 134 Å². The Morgan fingerprint density at radius 2 is 1.50 bits per heavy atom. The van der Waals surface area contributed by atoms with Gasteiger partial charge in [0.1, 0.15) is 0 Å². The zero-order chi connectivity index (χ0) is 15.0. The minimum Gasteiger partial charge on any atom is -0.118 e. The number of hydrogen-bond donors (Lipinski definition) is 0. The molecule has 0 nitrogen and oxygen atoms in total. The van der Waals surface area contributed by atoms with Crippen molar-refractivity contribution in [2.24, 2.45) is 0 Å². The quantitative estimate of drug-likeness (QED) is 0.329. The van der Waals surface area contributed by atoms with Gasteiger partial charge in [-0.05, 0) is 43.0 Å². The highest BCUT2D eigenvalue weighted by Crippen LogP contribution is 2.32. The first-order valence-corrected chi connectivity index (χ1v) is 8.78. The SMILES string of the molecule is CCCCCCCCCC(Cl)c1cc(C)c(Cl)cc1C. The van der Waals surface area contributed by atoms with Crippen molar-refractivity contribution >= 4 is 23.2 Å². The van der Waals surface area contributed by atoms with E-state index in [9.17, 15) is 0 Å². The van der Waals surface area contributed by atoms with Crippen LogP contribution in [0.2, 0.25) is 5.02 Å². The second-order valence-electron chi connectivity index (χ2n) is 5.84. The number of hydrogen-bond acceptors (Lipinski definition) is 0. The summed E-state index contributed by atoms with van der Waals surface area (Å²) in [5.74, 6) is 0. The minimum absolute atomic E-state index is 0.126. The van der Waals surface area contributed by atoms with E-state index >= 15 is 0 Å². The lowest BCUT2D eigenvalue weighted by Crippen LogP contribution is -1.96. The zero-order valence-electron chi connectivity index (χ0n) is 13.1. The van der Waals surface area contributed by atoms with Gasteiger partial charge in [0, 0.05) is 5.02 Å². The number of unbranched alkanes of at least 4 members (excludes halogenated alkanes) is 6. The number of halogens is 2. The molecule has 0 spiro atoms. The van der Waals surface area contributed by atoms with Crippen LogP contribution in [0.3, 0.4) is 0 Å². The van der Waals surface area contributed by atoms with Crippen LogP contribution in [0.5, 0.6) is 0 Å². The molecule has 0 aliphatic carbocycles. The molecular formula is C18H28Cl2. The lowest BCUT2D eigenvalue weighted by atomic mass is 9.98. The molecule has 1 aromatic carbocycles. The van der Waals surface area contributed by atoms with Crippen LogP contribution in [0, 0.1) is 13.8 Å². The molecule has 20 heavy (non-hydrogen) atoms. The summed E-state index contributed by atoms with van der Waals surface area (Å²) in [6.45, 7) is 6.40. The van der Waals surface area contributed by atoms with Crippen LogP contribution in [-0.2, 0) is 0 Å². The Bertz CT molecular complexity index is 399. The van der Waals surface area contributed by atoms with Crippen LogP contribution in [0.1, 0.15) is 80.4 Å². The van der Waals surface area contributed by atoms with Gasteiger partial charge in [-0.1, -0.05) is 69.5 Å².